The molecule has 2 heterocycles. The summed E-state index contributed by atoms with van der Waals surface area (Å²) >= 11 is 7.42. The molecule has 82 valence electrons. The van der Waals surface area contributed by atoms with E-state index < -0.39 is 0 Å². The van der Waals surface area contributed by atoms with E-state index in [0.717, 1.165) is 25.1 Å². The van der Waals surface area contributed by atoms with Gasteiger partial charge in [-0.3, -0.25) is 4.79 Å². The third-order valence-electron chi connectivity index (χ3n) is 2.79. The monoisotopic (exact) mass is 243 g/mol. The number of nitrogens with zero attached hydrogens (tertiary/aromatic N) is 1. The second-order valence-electron chi connectivity index (χ2n) is 3.96. The predicted molar refractivity (Wildman–Crippen MR) is 63.4 cm³/mol. The molecule has 1 amide bonds. The molecule has 1 aliphatic heterocycles. The van der Waals surface area contributed by atoms with E-state index in [1.54, 1.807) is 11.3 Å². The third kappa shape index (κ3) is 2.73. The summed E-state index contributed by atoms with van der Waals surface area (Å²) in [6.45, 7) is 1.72. The number of halogens is 1. The van der Waals surface area contributed by atoms with Crippen LogP contribution in [0.4, 0.5) is 0 Å². The highest BCUT2D eigenvalue weighted by Crippen LogP contribution is 2.18. The fourth-order valence-corrected chi connectivity index (χ4v) is 2.79. The average molecular weight is 244 g/mol. The fraction of sp³-hybridized carbons (Fsp3) is 0.545. The highest BCUT2D eigenvalue weighted by Gasteiger charge is 2.25. The molecule has 0 N–H and O–H groups in total. The molecule has 1 saturated heterocycles. The van der Waals surface area contributed by atoms with Gasteiger partial charge < -0.3 is 4.90 Å². The van der Waals surface area contributed by atoms with E-state index in [9.17, 15) is 4.79 Å². The molecular weight excluding hydrogens is 230 g/mol. The Bertz CT molecular complexity index is 325. The van der Waals surface area contributed by atoms with Crippen LogP contribution in [0.25, 0.3) is 0 Å². The third-order valence-corrected chi connectivity index (χ3v) is 3.96. The summed E-state index contributed by atoms with van der Waals surface area (Å²) < 4.78 is 0. The van der Waals surface area contributed by atoms with Crippen molar-refractivity contribution < 1.29 is 4.79 Å². The SMILES string of the molecule is O=C(Cc1ccsc1)N1CCC(CCl)C1. The molecule has 1 aliphatic rings. The van der Waals surface area contributed by atoms with Gasteiger partial charge in [-0.25, -0.2) is 0 Å². The summed E-state index contributed by atoms with van der Waals surface area (Å²) in [6.07, 6.45) is 1.59. The Hall–Kier alpha value is -0.540. The average Bonchev–Trinajstić information content (AvgIpc) is 2.86. The molecule has 1 aromatic heterocycles. The Kier molecular flexibility index (Phi) is 3.65. The first-order chi connectivity index (χ1) is 7.29. The molecule has 0 saturated carbocycles. The topological polar surface area (TPSA) is 20.3 Å². The van der Waals surface area contributed by atoms with Crippen LogP contribution in [0, 0.1) is 5.92 Å². The van der Waals surface area contributed by atoms with Gasteiger partial charge in [0.05, 0.1) is 6.42 Å². The van der Waals surface area contributed by atoms with Crippen LogP contribution in [-0.4, -0.2) is 29.8 Å². The van der Waals surface area contributed by atoms with E-state index in [-0.39, 0.29) is 5.91 Å². The van der Waals surface area contributed by atoms with Gasteiger partial charge in [-0.15, -0.1) is 11.6 Å². The summed E-state index contributed by atoms with van der Waals surface area (Å²) in [5, 5.41) is 4.04. The molecule has 0 aliphatic carbocycles. The van der Waals surface area contributed by atoms with E-state index >= 15 is 0 Å². The number of rotatable bonds is 3. The number of alkyl halides is 1. The van der Waals surface area contributed by atoms with Crippen molar-refractivity contribution in [3.05, 3.63) is 22.4 Å². The van der Waals surface area contributed by atoms with Gasteiger partial charge in [0.1, 0.15) is 0 Å². The highest BCUT2D eigenvalue weighted by molar-refractivity contribution is 7.07. The second-order valence-corrected chi connectivity index (χ2v) is 5.05. The summed E-state index contributed by atoms with van der Waals surface area (Å²) in [4.78, 5) is 13.8. The van der Waals surface area contributed by atoms with Crippen molar-refractivity contribution in [1.82, 2.24) is 4.90 Å². The number of thiophene rings is 1. The molecule has 1 atom stereocenters. The van der Waals surface area contributed by atoms with Crippen molar-refractivity contribution in [2.24, 2.45) is 5.92 Å². The minimum Gasteiger partial charge on any atom is -0.342 e. The summed E-state index contributed by atoms with van der Waals surface area (Å²) in [6, 6.07) is 2.01. The lowest BCUT2D eigenvalue weighted by Crippen LogP contribution is -2.30. The molecule has 1 fully saturated rings. The zero-order valence-corrected chi connectivity index (χ0v) is 10.1. The van der Waals surface area contributed by atoms with Gasteiger partial charge >= 0.3 is 0 Å². The number of amides is 1. The first kappa shape index (κ1) is 11.0. The molecule has 2 rings (SSSR count). The van der Waals surface area contributed by atoms with Crippen LogP contribution in [0.5, 0.6) is 0 Å². The molecule has 1 unspecified atom stereocenters. The summed E-state index contributed by atoms with van der Waals surface area (Å²) in [5.74, 6) is 1.40. The molecule has 0 aromatic carbocycles. The molecule has 0 spiro atoms. The Balaban J connectivity index is 1.87. The highest BCUT2D eigenvalue weighted by atomic mass is 35.5. The molecule has 0 radical (unpaired) electrons. The van der Waals surface area contributed by atoms with Gasteiger partial charge in [-0.1, -0.05) is 0 Å². The maximum Gasteiger partial charge on any atom is 0.227 e. The Labute approximate surface area is 98.8 Å². The van der Waals surface area contributed by atoms with Crippen molar-refractivity contribution in [1.29, 1.82) is 0 Å². The van der Waals surface area contributed by atoms with Gasteiger partial charge in [0, 0.05) is 19.0 Å². The van der Waals surface area contributed by atoms with Crippen LogP contribution in [0.2, 0.25) is 0 Å². The van der Waals surface area contributed by atoms with E-state index in [1.165, 1.54) is 0 Å². The maximum atomic E-state index is 11.9. The van der Waals surface area contributed by atoms with Gasteiger partial charge in [0.2, 0.25) is 5.91 Å². The Morgan fingerprint density at radius 3 is 3.13 bits per heavy atom. The number of hydrogen-bond acceptors (Lipinski definition) is 2. The minimum absolute atomic E-state index is 0.237. The summed E-state index contributed by atoms with van der Waals surface area (Å²) in [7, 11) is 0. The zero-order chi connectivity index (χ0) is 10.7. The van der Waals surface area contributed by atoms with Gasteiger partial charge in [0.25, 0.3) is 0 Å². The van der Waals surface area contributed by atoms with E-state index in [4.69, 9.17) is 11.6 Å². The molecule has 2 nitrogen and oxygen atoms in total. The smallest absolute Gasteiger partial charge is 0.227 e. The van der Waals surface area contributed by atoms with Gasteiger partial charge in [-0.2, -0.15) is 11.3 Å². The number of carbonyl (C=O) groups is 1. The van der Waals surface area contributed by atoms with Gasteiger partial charge in [-0.05, 0) is 34.7 Å². The molecule has 4 heteroatoms. The zero-order valence-electron chi connectivity index (χ0n) is 8.49. The minimum atomic E-state index is 0.237. The first-order valence-corrected chi connectivity index (χ1v) is 6.62. The molecule has 15 heavy (non-hydrogen) atoms. The van der Waals surface area contributed by atoms with Crippen molar-refractivity contribution in [3.63, 3.8) is 0 Å². The van der Waals surface area contributed by atoms with Crippen molar-refractivity contribution >= 4 is 28.8 Å². The van der Waals surface area contributed by atoms with Crippen molar-refractivity contribution in [3.8, 4) is 0 Å². The van der Waals surface area contributed by atoms with Crippen LogP contribution in [0.15, 0.2) is 16.8 Å². The van der Waals surface area contributed by atoms with Crippen LogP contribution >= 0.6 is 22.9 Å². The first-order valence-electron chi connectivity index (χ1n) is 5.14. The standard InChI is InChI=1S/C11H14ClNOS/c12-6-10-1-3-13(7-10)11(14)5-9-2-4-15-8-9/h2,4,8,10H,1,3,5-7H2. The van der Waals surface area contributed by atoms with Crippen LogP contribution < -0.4 is 0 Å². The molecular formula is C11H14ClNOS. The van der Waals surface area contributed by atoms with E-state index in [1.807, 2.05) is 21.7 Å². The predicted octanol–water partition coefficient (Wildman–Crippen LogP) is 2.38. The lowest BCUT2D eigenvalue weighted by Gasteiger charge is -2.15. The fourth-order valence-electron chi connectivity index (χ4n) is 1.86. The number of hydrogen-bond donors (Lipinski definition) is 0. The lowest BCUT2D eigenvalue weighted by molar-refractivity contribution is -0.129. The maximum absolute atomic E-state index is 11.9. The molecule has 0 bridgehead atoms. The van der Waals surface area contributed by atoms with Crippen LogP contribution in [0.3, 0.4) is 0 Å². The number of likely N-dealkylation sites (tertiary alicyclic amines) is 1. The van der Waals surface area contributed by atoms with Crippen molar-refractivity contribution in [2.45, 2.75) is 12.8 Å². The Morgan fingerprint density at radius 1 is 1.67 bits per heavy atom. The summed E-state index contributed by atoms with van der Waals surface area (Å²) in [5.41, 5.74) is 1.12. The largest absolute Gasteiger partial charge is 0.342 e. The van der Waals surface area contributed by atoms with Crippen LogP contribution in [-0.2, 0) is 11.2 Å². The normalized spacial score (nSPS) is 20.9. The van der Waals surface area contributed by atoms with E-state index in [0.29, 0.717) is 18.2 Å². The quantitative estimate of drug-likeness (QED) is 0.747. The Morgan fingerprint density at radius 2 is 2.53 bits per heavy atom. The molecule has 1 aromatic rings. The van der Waals surface area contributed by atoms with Gasteiger partial charge in [0.15, 0.2) is 0 Å². The van der Waals surface area contributed by atoms with Crippen LogP contribution in [0.1, 0.15) is 12.0 Å². The van der Waals surface area contributed by atoms with E-state index in [2.05, 4.69) is 0 Å². The lowest BCUT2D eigenvalue weighted by atomic mass is 10.2. The number of carbonyl (C=O) groups excluding carboxylic acids is 1. The second kappa shape index (κ2) is 4.99. The van der Waals surface area contributed by atoms with Crippen molar-refractivity contribution in [2.75, 3.05) is 19.0 Å².